The minimum Gasteiger partial charge on any atom is -0.373 e. The molecule has 92 valence electrons. The molecule has 1 aromatic heterocycles. The first kappa shape index (κ1) is 11.8. The molecule has 0 aliphatic carbocycles. The zero-order valence-corrected chi connectivity index (χ0v) is 10.2. The van der Waals surface area contributed by atoms with Crippen molar-refractivity contribution < 1.29 is 5.11 Å². The van der Waals surface area contributed by atoms with Gasteiger partial charge in [-0.2, -0.15) is 5.10 Å². The maximum Gasteiger partial charge on any atom is 0.136 e. The van der Waals surface area contributed by atoms with Crippen molar-refractivity contribution >= 4 is 5.82 Å². The topological polar surface area (TPSA) is 90.0 Å². The summed E-state index contributed by atoms with van der Waals surface area (Å²) < 4.78 is 1.86. The Morgan fingerprint density at radius 3 is 2.88 bits per heavy atom. The van der Waals surface area contributed by atoms with Crippen molar-refractivity contribution in [3.8, 4) is 0 Å². The molecule has 1 aliphatic heterocycles. The molecule has 1 N–H and O–H groups in total. The molecule has 1 aliphatic rings. The van der Waals surface area contributed by atoms with Crippen molar-refractivity contribution in [2.24, 2.45) is 5.11 Å². The number of hydrogen-bond acceptors (Lipinski definition) is 4. The molecule has 0 saturated carbocycles. The van der Waals surface area contributed by atoms with E-state index in [1.54, 1.807) is 11.9 Å². The van der Waals surface area contributed by atoms with Crippen LogP contribution in [0.25, 0.3) is 10.4 Å². The van der Waals surface area contributed by atoms with E-state index in [1.165, 1.54) is 0 Å². The first-order valence-corrected chi connectivity index (χ1v) is 5.55. The summed E-state index contributed by atoms with van der Waals surface area (Å²) in [5.41, 5.74) is 10.5. The van der Waals surface area contributed by atoms with Gasteiger partial charge in [0, 0.05) is 24.1 Å². The third-order valence-corrected chi connectivity index (χ3v) is 3.30. The van der Waals surface area contributed by atoms with Crippen molar-refractivity contribution in [3.63, 3.8) is 0 Å². The molecule has 0 bridgehead atoms. The number of fused-ring (bicyclic) bond motifs is 1. The molecule has 2 rings (SSSR count). The number of azide groups is 1. The van der Waals surface area contributed by atoms with Gasteiger partial charge in [-0.05, 0) is 25.8 Å². The smallest absolute Gasteiger partial charge is 0.136 e. The molecule has 2 unspecified atom stereocenters. The summed E-state index contributed by atoms with van der Waals surface area (Å²) in [5.74, 6) is 0.894. The number of aliphatic hydroxyl groups excluding tert-OH is 1. The van der Waals surface area contributed by atoms with Crippen LogP contribution in [0.3, 0.4) is 0 Å². The Morgan fingerprint density at radius 1 is 1.53 bits per heavy atom. The molecular weight excluding hydrogens is 220 g/mol. The first-order chi connectivity index (χ1) is 8.06. The van der Waals surface area contributed by atoms with E-state index in [4.69, 9.17) is 5.53 Å². The van der Waals surface area contributed by atoms with Crippen LogP contribution in [0, 0.1) is 13.8 Å². The standard InChI is InChI=1S/C10H16N6O/c1-6-7(2)13-16-5-4-8(12-14-11)10(17)15(3)9(6)16/h8,10,17H,4-5H2,1-3H3. The number of likely N-dealkylation sites (N-methyl/N-ethyl adjacent to an activating group) is 1. The predicted molar refractivity (Wildman–Crippen MR) is 63.7 cm³/mol. The number of hydrogen-bond donors (Lipinski definition) is 1. The van der Waals surface area contributed by atoms with E-state index in [-0.39, 0.29) is 0 Å². The second kappa shape index (κ2) is 4.27. The Labute approximate surface area is 99.3 Å². The summed E-state index contributed by atoms with van der Waals surface area (Å²) in [6.45, 7) is 4.57. The van der Waals surface area contributed by atoms with Crippen molar-refractivity contribution in [3.05, 3.63) is 21.7 Å². The summed E-state index contributed by atoms with van der Waals surface area (Å²) in [6.07, 6.45) is -0.217. The second-order valence-electron chi connectivity index (χ2n) is 4.34. The third kappa shape index (κ3) is 1.83. The van der Waals surface area contributed by atoms with Gasteiger partial charge < -0.3 is 10.0 Å². The van der Waals surface area contributed by atoms with E-state index in [2.05, 4.69) is 15.1 Å². The van der Waals surface area contributed by atoms with Crippen LogP contribution >= 0.6 is 0 Å². The third-order valence-electron chi connectivity index (χ3n) is 3.30. The van der Waals surface area contributed by atoms with E-state index in [1.807, 2.05) is 18.5 Å². The Balaban J connectivity index is 2.43. The van der Waals surface area contributed by atoms with Crippen LogP contribution in [0.1, 0.15) is 17.7 Å². The number of aryl methyl sites for hydroxylation is 2. The SMILES string of the molecule is Cc1nn2c(c1C)N(C)C(O)C(N=[N+]=[N-])CC2. The van der Waals surface area contributed by atoms with Crippen LogP contribution < -0.4 is 4.90 Å². The van der Waals surface area contributed by atoms with Gasteiger partial charge in [0.05, 0.1) is 11.7 Å². The van der Waals surface area contributed by atoms with Gasteiger partial charge in [-0.1, -0.05) is 5.11 Å². The van der Waals surface area contributed by atoms with Crippen LogP contribution in [-0.4, -0.2) is 34.2 Å². The predicted octanol–water partition coefficient (Wildman–Crippen LogP) is 1.34. The van der Waals surface area contributed by atoms with Crippen molar-refractivity contribution in [1.82, 2.24) is 9.78 Å². The summed E-state index contributed by atoms with van der Waals surface area (Å²) >= 11 is 0. The van der Waals surface area contributed by atoms with E-state index in [0.717, 1.165) is 17.1 Å². The van der Waals surface area contributed by atoms with Gasteiger partial charge in [0.2, 0.25) is 0 Å². The Hall–Kier alpha value is -1.72. The molecule has 17 heavy (non-hydrogen) atoms. The average Bonchev–Trinajstić information content (AvgIpc) is 2.52. The Bertz CT molecular complexity index is 475. The van der Waals surface area contributed by atoms with Gasteiger partial charge in [0.25, 0.3) is 0 Å². The second-order valence-corrected chi connectivity index (χ2v) is 4.34. The zero-order valence-electron chi connectivity index (χ0n) is 10.2. The quantitative estimate of drug-likeness (QED) is 0.453. The molecule has 7 nitrogen and oxygen atoms in total. The Kier molecular flexibility index (Phi) is 2.95. The number of aromatic nitrogens is 2. The van der Waals surface area contributed by atoms with Crippen molar-refractivity contribution in [2.75, 3.05) is 11.9 Å². The molecule has 0 amide bonds. The molecule has 2 atom stereocenters. The van der Waals surface area contributed by atoms with Crippen LogP contribution in [0.4, 0.5) is 5.82 Å². The number of aliphatic hydroxyl groups is 1. The average molecular weight is 236 g/mol. The molecule has 0 saturated heterocycles. The molecule has 0 fully saturated rings. The summed E-state index contributed by atoms with van der Waals surface area (Å²) in [6, 6.07) is -0.439. The maximum atomic E-state index is 10.1. The fourth-order valence-corrected chi connectivity index (χ4v) is 2.23. The highest BCUT2D eigenvalue weighted by atomic mass is 16.3. The fraction of sp³-hybridized carbons (Fsp3) is 0.700. The van der Waals surface area contributed by atoms with Gasteiger partial charge >= 0.3 is 0 Å². The highest BCUT2D eigenvalue weighted by Gasteiger charge is 2.30. The highest BCUT2D eigenvalue weighted by Crippen LogP contribution is 2.28. The largest absolute Gasteiger partial charge is 0.373 e. The van der Waals surface area contributed by atoms with Crippen LogP contribution in [0.5, 0.6) is 0 Å². The van der Waals surface area contributed by atoms with Gasteiger partial charge in [-0.15, -0.1) is 0 Å². The monoisotopic (exact) mass is 236 g/mol. The van der Waals surface area contributed by atoms with E-state index < -0.39 is 12.3 Å². The molecular formula is C10H16N6O. The molecule has 0 aromatic carbocycles. The number of anilines is 1. The maximum absolute atomic E-state index is 10.1. The van der Waals surface area contributed by atoms with Crippen LogP contribution in [0.2, 0.25) is 0 Å². The number of nitrogens with zero attached hydrogens (tertiary/aromatic N) is 6. The van der Waals surface area contributed by atoms with Gasteiger partial charge in [0.15, 0.2) is 0 Å². The summed E-state index contributed by atoms with van der Waals surface area (Å²) in [4.78, 5) is 4.51. The number of rotatable bonds is 1. The normalized spacial score (nSPS) is 23.9. The highest BCUT2D eigenvalue weighted by molar-refractivity contribution is 5.50. The van der Waals surface area contributed by atoms with Gasteiger partial charge in [-0.25, -0.2) is 4.68 Å². The lowest BCUT2D eigenvalue weighted by Crippen LogP contribution is -2.39. The lowest BCUT2D eigenvalue weighted by Gasteiger charge is -2.26. The van der Waals surface area contributed by atoms with E-state index >= 15 is 0 Å². The van der Waals surface area contributed by atoms with E-state index in [9.17, 15) is 5.11 Å². The van der Waals surface area contributed by atoms with Crippen LogP contribution in [0.15, 0.2) is 5.11 Å². The molecule has 1 aromatic rings. The van der Waals surface area contributed by atoms with Gasteiger partial charge in [-0.3, -0.25) is 0 Å². The minimum absolute atomic E-state index is 0.439. The first-order valence-electron chi connectivity index (χ1n) is 5.55. The fourth-order valence-electron chi connectivity index (χ4n) is 2.23. The molecule has 0 radical (unpaired) electrons. The van der Waals surface area contributed by atoms with E-state index in [0.29, 0.717) is 13.0 Å². The molecule has 0 spiro atoms. The van der Waals surface area contributed by atoms with Crippen molar-refractivity contribution in [2.45, 2.75) is 39.1 Å². The lowest BCUT2D eigenvalue weighted by molar-refractivity contribution is 0.143. The zero-order chi connectivity index (χ0) is 12.6. The van der Waals surface area contributed by atoms with Crippen LogP contribution in [-0.2, 0) is 6.54 Å². The molecule has 7 heteroatoms. The van der Waals surface area contributed by atoms with Gasteiger partial charge in [0.1, 0.15) is 12.0 Å². The Morgan fingerprint density at radius 2 is 2.24 bits per heavy atom. The summed E-state index contributed by atoms with van der Waals surface area (Å²) in [7, 11) is 1.79. The van der Waals surface area contributed by atoms with Crippen molar-refractivity contribution in [1.29, 1.82) is 0 Å². The lowest BCUT2D eigenvalue weighted by atomic mass is 10.2. The summed E-state index contributed by atoms with van der Waals surface area (Å²) in [5, 5.41) is 18.2. The minimum atomic E-state index is -0.804. The molecule has 2 heterocycles.